The van der Waals surface area contributed by atoms with Crippen molar-refractivity contribution >= 4 is 23.0 Å². The summed E-state index contributed by atoms with van der Waals surface area (Å²) in [6, 6.07) is 0.260. The van der Waals surface area contributed by atoms with Crippen LogP contribution in [0.25, 0.3) is 11.2 Å². The number of nitrogens with zero attached hydrogens (tertiary/aromatic N) is 4. The number of rotatable bonds is 7. The number of imidazole rings is 1. The van der Waals surface area contributed by atoms with Gasteiger partial charge in [0, 0.05) is 18.5 Å². The van der Waals surface area contributed by atoms with Crippen LogP contribution >= 0.6 is 0 Å². The fourth-order valence-corrected chi connectivity index (χ4v) is 6.15. The molecular weight excluding hydrogens is 414 g/mol. The zero-order valence-electron chi connectivity index (χ0n) is 20.2. The SMILES string of the molecule is CC1CCC(Cn2c(C3CCCCC3)nc3nc(C(=O)O)nc(N[C@H](C)C4CCC4)c32)CC1. The molecule has 2 aromatic rings. The minimum absolute atomic E-state index is 0.155. The van der Waals surface area contributed by atoms with Crippen LogP contribution in [0.1, 0.15) is 113 Å². The number of carbonyl (C=O) groups is 1. The first kappa shape index (κ1) is 22.6. The molecule has 7 heteroatoms. The summed E-state index contributed by atoms with van der Waals surface area (Å²) in [5, 5.41) is 13.3. The fraction of sp³-hybridized carbons (Fsp3) is 0.769. The van der Waals surface area contributed by atoms with Crippen molar-refractivity contribution in [1.29, 1.82) is 0 Å². The summed E-state index contributed by atoms with van der Waals surface area (Å²) < 4.78 is 2.40. The van der Waals surface area contributed by atoms with E-state index >= 15 is 0 Å². The standard InChI is InChI=1S/C26H39N5O2/c1-16-11-13-18(14-12-16)15-31-21-22(27-17(2)19-9-6-10-19)28-24(26(32)33)29-23(21)30-25(31)20-7-4-3-5-8-20/h16-20H,3-15H2,1-2H3,(H,32,33)(H,27,28,29)/t16?,17-,18?/m1/s1. The van der Waals surface area contributed by atoms with Gasteiger partial charge in [0.05, 0.1) is 0 Å². The van der Waals surface area contributed by atoms with E-state index in [1.54, 1.807) is 0 Å². The molecule has 3 saturated carbocycles. The Hall–Kier alpha value is -2.18. The maximum atomic E-state index is 11.8. The van der Waals surface area contributed by atoms with Crippen LogP contribution in [0, 0.1) is 17.8 Å². The van der Waals surface area contributed by atoms with Crippen molar-refractivity contribution in [2.45, 2.75) is 109 Å². The number of carboxylic acids is 1. The lowest BCUT2D eigenvalue weighted by molar-refractivity contribution is 0.0684. The van der Waals surface area contributed by atoms with E-state index in [4.69, 9.17) is 4.98 Å². The number of fused-ring (bicyclic) bond motifs is 1. The van der Waals surface area contributed by atoms with Gasteiger partial charge in [0.15, 0.2) is 11.5 Å². The summed E-state index contributed by atoms with van der Waals surface area (Å²) in [6.07, 6.45) is 14.9. The van der Waals surface area contributed by atoms with Gasteiger partial charge in [-0.1, -0.05) is 45.4 Å². The average Bonchev–Trinajstić information content (AvgIpc) is 3.13. The molecule has 3 fully saturated rings. The Labute approximate surface area is 196 Å². The molecule has 7 nitrogen and oxygen atoms in total. The Morgan fingerprint density at radius 1 is 1.00 bits per heavy atom. The monoisotopic (exact) mass is 453 g/mol. The number of carboxylic acid groups (broad SMARTS) is 1. The second kappa shape index (κ2) is 9.59. The molecule has 2 aromatic heterocycles. The molecule has 0 bridgehead atoms. The Morgan fingerprint density at radius 2 is 1.73 bits per heavy atom. The van der Waals surface area contributed by atoms with Crippen molar-refractivity contribution in [3.05, 3.63) is 11.6 Å². The first-order chi connectivity index (χ1) is 16.0. The Bertz CT molecular complexity index is 984. The van der Waals surface area contributed by atoms with Crippen molar-refractivity contribution in [2.24, 2.45) is 17.8 Å². The normalized spacial score (nSPS) is 25.6. The van der Waals surface area contributed by atoms with Crippen LogP contribution in [0.15, 0.2) is 0 Å². The zero-order valence-corrected chi connectivity index (χ0v) is 20.2. The summed E-state index contributed by atoms with van der Waals surface area (Å²) in [6.45, 7) is 5.50. The summed E-state index contributed by atoms with van der Waals surface area (Å²) in [4.78, 5) is 25.8. The fourth-order valence-electron chi connectivity index (χ4n) is 6.15. The van der Waals surface area contributed by atoms with Crippen molar-refractivity contribution < 1.29 is 9.90 Å². The molecule has 0 amide bonds. The van der Waals surface area contributed by atoms with Crippen LogP contribution in [0.2, 0.25) is 0 Å². The smallest absolute Gasteiger partial charge is 0.374 e. The van der Waals surface area contributed by atoms with E-state index in [-0.39, 0.29) is 11.9 Å². The van der Waals surface area contributed by atoms with Gasteiger partial charge in [-0.15, -0.1) is 0 Å². The van der Waals surface area contributed by atoms with Crippen LogP contribution in [-0.2, 0) is 6.54 Å². The third-order valence-corrected chi connectivity index (χ3v) is 8.59. The van der Waals surface area contributed by atoms with E-state index < -0.39 is 5.97 Å². The predicted molar refractivity (Wildman–Crippen MR) is 130 cm³/mol. The third-order valence-electron chi connectivity index (χ3n) is 8.59. The van der Waals surface area contributed by atoms with E-state index in [1.165, 1.54) is 64.2 Å². The molecule has 180 valence electrons. The molecule has 0 aliphatic heterocycles. The quantitative estimate of drug-likeness (QED) is 0.534. The van der Waals surface area contributed by atoms with Crippen molar-refractivity contribution in [1.82, 2.24) is 19.5 Å². The van der Waals surface area contributed by atoms with E-state index in [0.29, 0.717) is 29.2 Å². The summed E-state index contributed by atoms with van der Waals surface area (Å²) in [5.74, 6) is 3.04. The summed E-state index contributed by atoms with van der Waals surface area (Å²) in [5.41, 5.74) is 1.47. The van der Waals surface area contributed by atoms with Gasteiger partial charge < -0.3 is 15.0 Å². The molecule has 0 spiro atoms. The van der Waals surface area contributed by atoms with E-state index in [1.807, 2.05) is 0 Å². The van der Waals surface area contributed by atoms with Gasteiger partial charge in [-0.05, 0) is 63.2 Å². The highest BCUT2D eigenvalue weighted by molar-refractivity contribution is 5.90. The first-order valence-electron chi connectivity index (χ1n) is 13.3. The number of aromatic nitrogens is 4. The van der Waals surface area contributed by atoms with Gasteiger partial charge in [0.1, 0.15) is 11.3 Å². The maximum absolute atomic E-state index is 11.8. The molecule has 0 unspecified atom stereocenters. The van der Waals surface area contributed by atoms with Gasteiger partial charge >= 0.3 is 5.97 Å². The number of hydrogen-bond donors (Lipinski definition) is 2. The number of anilines is 1. The molecule has 3 aliphatic carbocycles. The first-order valence-corrected chi connectivity index (χ1v) is 13.3. The lowest BCUT2D eigenvalue weighted by atomic mass is 9.80. The predicted octanol–water partition coefficient (Wildman–Crippen LogP) is 6.00. The minimum atomic E-state index is -1.09. The van der Waals surface area contributed by atoms with Crippen molar-refractivity contribution in [3.63, 3.8) is 0 Å². The van der Waals surface area contributed by atoms with Crippen LogP contribution in [-0.4, -0.2) is 36.6 Å². The molecule has 0 aromatic carbocycles. The Kier molecular flexibility index (Phi) is 6.57. The highest BCUT2D eigenvalue weighted by Crippen LogP contribution is 2.38. The molecule has 1 atom stereocenters. The van der Waals surface area contributed by atoms with Gasteiger partial charge in [-0.3, -0.25) is 0 Å². The zero-order chi connectivity index (χ0) is 22.9. The minimum Gasteiger partial charge on any atom is -0.475 e. The molecule has 3 aliphatic rings. The molecular formula is C26H39N5O2. The van der Waals surface area contributed by atoms with Gasteiger partial charge in [-0.25, -0.2) is 19.7 Å². The van der Waals surface area contributed by atoms with Gasteiger partial charge in [0.25, 0.3) is 0 Å². The number of aromatic carboxylic acids is 1. The van der Waals surface area contributed by atoms with Crippen LogP contribution in [0.5, 0.6) is 0 Å². The van der Waals surface area contributed by atoms with E-state index in [2.05, 4.69) is 33.7 Å². The summed E-state index contributed by atoms with van der Waals surface area (Å²) in [7, 11) is 0. The average molecular weight is 454 g/mol. The largest absolute Gasteiger partial charge is 0.475 e. The molecule has 0 radical (unpaired) electrons. The Balaban J connectivity index is 1.58. The van der Waals surface area contributed by atoms with Crippen molar-refractivity contribution in [2.75, 3.05) is 5.32 Å². The maximum Gasteiger partial charge on any atom is 0.374 e. The lowest BCUT2D eigenvalue weighted by Gasteiger charge is -2.32. The molecule has 0 saturated heterocycles. The second-order valence-electron chi connectivity index (χ2n) is 11.0. The molecule has 2 heterocycles. The number of hydrogen-bond acceptors (Lipinski definition) is 5. The second-order valence-corrected chi connectivity index (χ2v) is 11.0. The van der Waals surface area contributed by atoms with Crippen LogP contribution < -0.4 is 5.32 Å². The molecule has 2 N–H and O–H groups in total. The van der Waals surface area contributed by atoms with Gasteiger partial charge in [0.2, 0.25) is 5.82 Å². The topological polar surface area (TPSA) is 92.9 Å². The number of nitrogens with one attached hydrogen (secondary N) is 1. The van der Waals surface area contributed by atoms with Gasteiger partial charge in [-0.2, -0.15) is 0 Å². The van der Waals surface area contributed by atoms with E-state index in [9.17, 15) is 9.90 Å². The van der Waals surface area contributed by atoms with Crippen LogP contribution in [0.4, 0.5) is 5.82 Å². The van der Waals surface area contributed by atoms with Crippen LogP contribution in [0.3, 0.4) is 0 Å². The Morgan fingerprint density at radius 3 is 2.36 bits per heavy atom. The molecule has 33 heavy (non-hydrogen) atoms. The third kappa shape index (κ3) is 4.73. The summed E-state index contributed by atoms with van der Waals surface area (Å²) >= 11 is 0. The molecule has 5 rings (SSSR count). The van der Waals surface area contributed by atoms with Crippen molar-refractivity contribution in [3.8, 4) is 0 Å². The highest BCUT2D eigenvalue weighted by Gasteiger charge is 2.30. The highest BCUT2D eigenvalue weighted by atomic mass is 16.4. The lowest BCUT2D eigenvalue weighted by Crippen LogP contribution is -2.31. The van der Waals surface area contributed by atoms with E-state index in [0.717, 1.165) is 36.6 Å².